The largest absolute Gasteiger partial charge is 0.486 e. The summed E-state index contributed by atoms with van der Waals surface area (Å²) in [6, 6.07) is 8.02. The van der Waals surface area contributed by atoms with E-state index in [2.05, 4.69) is 18.0 Å². The fourth-order valence-corrected chi connectivity index (χ4v) is 1.70. The number of aryl methyl sites for hydroxylation is 1. The van der Waals surface area contributed by atoms with Gasteiger partial charge < -0.3 is 4.74 Å². The summed E-state index contributed by atoms with van der Waals surface area (Å²) in [6.07, 6.45) is 1.79. The smallest absolute Gasteiger partial charge is 0.140 e. The number of rotatable bonds is 3. The Kier molecular flexibility index (Phi) is 2.79. The lowest BCUT2D eigenvalue weighted by molar-refractivity contribution is 0.305. The number of thiazole rings is 1. The maximum atomic E-state index is 5.58. The summed E-state index contributed by atoms with van der Waals surface area (Å²) in [5.41, 5.74) is 1.21. The first-order valence-corrected chi connectivity index (χ1v) is 5.30. The Morgan fingerprint density at radius 2 is 2.36 bits per heavy atom. The molecule has 1 aromatic carbocycles. The molecule has 2 aromatic rings. The zero-order valence-corrected chi connectivity index (χ0v) is 8.75. The summed E-state index contributed by atoms with van der Waals surface area (Å²) < 4.78 is 5.58. The maximum Gasteiger partial charge on any atom is 0.140 e. The van der Waals surface area contributed by atoms with Gasteiger partial charge in [0.1, 0.15) is 17.4 Å². The second kappa shape index (κ2) is 4.24. The Morgan fingerprint density at radius 3 is 3.07 bits per heavy atom. The van der Waals surface area contributed by atoms with Crippen molar-refractivity contribution in [3.63, 3.8) is 0 Å². The highest BCUT2D eigenvalue weighted by Gasteiger charge is 1.97. The van der Waals surface area contributed by atoms with E-state index in [0.717, 1.165) is 10.8 Å². The van der Waals surface area contributed by atoms with Crippen LogP contribution in [0.15, 0.2) is 35.8 Å². The summed E-state index contributed by atoms with van der Waals surface area (Å²) in [7, 11) is 0. The number of nitrogens with zero attached hydrogens (tertiary/aromatic N) is 1. The molecule has 1 aromatic heterocycles. The quantitative estimate of drug-likeness (QED) is 0.768. The standard InChI is InChI=1S/C11H11NOS/c1-9-3-2-4-10(7-9)13-8-11-12-5-6-14-11/h2-7H,8H2,1H3. The molecule has 3 heteroatoms. The summed E-state index contributed by atoms with van der Waals surface area (Å²) in [4.78, 5) is 4.15. The normalized spacial score (nSPS) is 10.1. The van der Waals surface area contributed by atoms with Gasteiger partial charge in [0.2, 0.25) is 0 Å². The highest BCUT2D eigenvalue weighted by molar-refractivity contribution is 7.09. The van der Waals surface area contributed by atoms with Gasteiger partial charge in [0, 0.05) is 11.6 Å². The molecule has 0 N–H and O–H groups in total. The number of ether oxygens (including phenoxy) is 1. The predicted molar refractivity (Wildman–Crippen MR) is 57.6 cm³/mol. The average molecular weight is 205 g/mol. The second-order valence-corrected chi connectivity index (χ2v) is 4.01. The van der Waals surface area contributed by atoms with Crippen LogP contribution in [0.4, 0.5) is 0 Å². The van der Waals surface area contributed by atoms with Crippen LogP contribution in [-0.2, 0) is 6.61 Å². The lowest BCUT2D eigenvalue weighted by Crippen LogP contribution is -1.94. The monoisotopic (exact) mass is 205 g/mol. The molecule has 0 aliphatic heterocycles. The van der Waals surface area contributed by atoms with Crippen LogP contribution < -0.4 is 4.74 Å². The van der Waals surface area contributed by atoms with E-state index in [4.69, 9.17) is 4.74 Å². The molecule has 2 nitrogen and oxygen atoms in total. The SMILES string of the molecule is Cc1cccc(OCc2nccs2)c1. The third-order valence-electron chi connectivity index (χ3n) is 1.84. The fourth-order valence-electron chi connectivity index (χ4n) is 1.17. The molecular weight excluding hydrogens is 194 g/mol. The van der Waals surface area contributed by atoms with E-state index < -0.39 is 0 Å². The predicted octanol–water partition coefficient (Wildman–Crippen LogP) is 3.03. The first kappa shape index (κ1) is 9.21. The molecule has 0 fully saturated rings. The van der Waals surface area contributed by atoms with Gasteiger partial charge in [-0.1, -0.05) is 12.1 Å². The van der Waals surface area contributed by atoms with Crippen molar-refractivity contribution in [1.82, 2.24) is 4.98 Å². The molecule has 0 amide bonds. The van der Waals surface area contributed by atoms with E-state index in [1.54, 1.807) is 17.5 Å². The summed E-state index contributed by atoms with van der Waals surface area (Å²) in [5, 5.41) is 2.96. The van der Waals surface area contributed by atoms with E-state index in [-0.39, 0.29) is 0 Å². The van der Waals surface area contributed by atoms with Crippen LogP contribution in [0.1, 0.15) is 10.6 Å². The minimum absolute atomic E-state index is 0.557. The van der Waals surface area contributed by atoms with Gasteiger partial charge in [-0.2, -0.15) is 0 Å². The summed E-state index contributed by atoms with van der Waals surface area (Å²) in [5.74, 6) is 0.903. The van der Waals surface area contributed by atoms with Crippen LogP contribution in [-0.4, -0.2) is 4.98 Å². The molecule has 0 spiro atoms. The van der Waals surface area contributed by atoms with Gasteiger partial charge in [0.25, 0.3) is 0 Å². The Hall–Kier alpha value is -1.35. The third-order valence-corrected chi connectivity index (χ3v) is 2.59. The third kappa shape index (κ3) is 2.33. The van der Waals surface area contributed by atoms with Crippen molar-refractivity contribution in [3.05, 3.63) is 46.4 Å². The van der Waals surface area contributed by atoms with Crippen molar-refractivity contribution in [3.8, 4) is 5.75 Å². The summed E-state index contributed by atoms with van der Waals surface area (Å²) >= 11 is 1.61. The van der Waals surface area contributed by atoms with Crippen LogP contribution in [0.3, 0.4) is 0 Å². The molecule has 0 saturated carbocycles. The van der Waals surface area contributed by atoms with E-state index in [1.807, 2.05) is 23.6 Å². The van der Waals surface area contributed by atoms with Gasteiger partial charge in [-0.25, -0.2) is 4.98 Å². The van der Waals surface area contributed by atoms with Crippen LogP contribution in [0.5, 0.6) is 5.75 Å². The molecule has 1 heterocycles. The Balaban J connectivity index is 1.98. The van der Waals surface area contributed by atoms with E-state index >= 15 is 0 Å². The maximum absolute atomic E-state index is 5.58. The topological polar surface area (TPSA) is 22.1 Å². The van der Waals surface area contributed by atoms with Gasteiger partial charge in [-0.05, 0) is 24.6 Å². The van der Waals surface area contributed by atoms with Gasteiger partial charge in [0.05, 0.1) is 0 Å². The fraction of sp³-hybridized carbons (Fsp3) is 0.182. The first-order valence-electron chi connectivity index (χ1n) is 4.42. The Bertz CT molecular complexity index is 397. The molecule has 0 saturated heterocycles. The van der Waals surface area contributed by atoms with Crippen LogP contribution >= 0.6 is 11.3 Å². The molecule has 0 aliphatic rings. The van der Waals surface area contributed by atoms with Gasteiger partial charge in [0.15, 0.2) is 0 Å². The number of hydrogen-bond acceptors (Lipinski definition) is 3. The number of benzene rings is 1. The lowest BCUT2D eigenvalue weighted by atomic mass is 10.2. The zero-order valence-electron chi connectivity index (χ0n) is 7.93. The molecule has 0 radical (unpaired) electrons. The average Bonchev–Trinajstić information content (AvgIpc) is 2.67. The van der Waals surface area contributed by atoms with Crippen LogP contribution in [0, 0.1) is 6.92 Å². The van der Waals surface area contributed by atoms with Crippen molar-refractivity contribution in [1.29, 1.82) is 0 Å². The van der Waals surface area contributed by atoms with E-state index in [0.29, 0.717) is 6.61 Å². The molecule has 0 bridgehead atoms. The van der Waals surface area contributed by atoms with Crippen molar-refractivity contribution >= 4 is 11.3 Å². The molecule has 0 aliphatic carbocycles. The van der Waals surface area contributed by atoms with E-state index in [1.165, 1.54) is 5.56 Å². The summed E-state index contributed by atoms with van der Waals surface area (Å²) in [6.45, 7) is 2.61. The van der Waals surface area contributed by atoms with Gasteiger partial charge in [-0.15, -0.1) is 11.3 Å². The van der Waals surface area contributed by atoms with Crippen molar-refractivity contribution in [2.24, 2.45) is 0 Å². The lowest BCUT2D eigenvalue weighted by Gasteiger charge is -2.03. The highest BCUT2D eigenvalue weighted by Crippen LogP contribution is 2.15. The molecule has 14 heavy (non-hydrogen) atoms. The number of hydrogen-bond donors (Lipinski definition) is 0. The molecule has 0 atom stereocenters. The molecule has 72 valence electrons. The minimum Gasteiger partial charge on any atom is -0.486 e. The Morgan fingerprint density at radius 1 is 1.43 bits per heavy atom. The first-order chi connectivity index (χ1) is 6.84. The van der Waals surface area contributed by atoms with Crippen molar-refractivity contribution in [2.75, 3.05) is 0 Å². The van der Waals surface area contributed by atoms with Crippen LogP contribution in [0.2, 0.25) is 0 Å². The van der Waals surface area contributed by atoms with E-state index in [9.17, 15) is 0 Å². The second-order valence-electron chi connectivity index (χ2n) is 3.03. The number of aromatic nitrogens is 1. The van der Waals surface area contributed by atoms with Crippen LogP contribution in [0.25, 0.3) is 0 Å². The zero-order chi connectivity index (χ0) is 9.80. The van der Waals surface area contributed by atoms with Gasteiger partial charge >= 0.3 is 0 Å². The highest BCUT2D eigenvalue weighted by atomic mass is 32.1. The molecule has 0 unspecified atom stereocenters. The van der Waals surface area contributed by atoms with Gasteiger partial charge in [-0.3, -0.25) is 0 Å². The minimum atomic E-state index is 0.557. The van der Waals surface area contributed by atoms with Crippen molar-refractivity contribution < 1.29 is 4.74 Å². The van der Waals surface area contributed by atoms with Crippen molar-refractivity contribution in [2.45, 2.75) is 13.5 Å². The molecular formula is C11H11NOS. The molecule has 2 rings (SSSR count). The Labute approximate surface area is 87.2 Å².